The fourth-order valence-electron chi connectivity index (χ4n) is 4.59. The van der Waals surface area contributed by atoms with Crippen molar-refractivity contribution in [3.63, 3.8) is 0 Å². The highest BCUT2D eigenvalue weighted by molar-refractivity contribution is 5.98. The van der Waals surface area contributed by atoms with Crippen LogP contribution in [0, 0.1) is 19.8 Å². The summed E-state index contributed by atoms with van der Waals surface area (Å²) < 4.78 is 2.00. The van der Waals surface area contributed by atoms with Crippen molar-refractivity contribution >= 4 is 11.9 Å². The number of hydrogen-bond donors (Lipinski definition) is 0. The Morgan fingerprint density at radius 2 is 1.72 bits per heavy atom. The number of likely N-dealkylation sites (tertiary alicyclic amines) is 1. The molecule has 0 spiro atoms. The lowest BCUT2D eigenvalue weighted by molar-refractivity contribution is 0.0589. The van der Waals surface area contributed by atoms with Gasteiger partial charge < -0.3 is 14.4 Å². The molecule has 0 aliphatic carbocycles. The zero-order valence-corrected chi connectivity index (χ0v) is 16.8. The summed E-state index contributed by atoms with van der Waals surface area (Å²) in [6.45, 7) is 6.52. The molecule has 29 heavy (non-hydrogen) atoms. The van der Waals surface area contributed by atoms with Crippen LogP contribution in [0.2, 0.25) is 0 Å². The van der Waals surface area contributed by atoms with E-state index in [4.69, 9.17) is 0 Å². The SMILES string of the molecule is Cc1cc(C)nc(N2C[C@@H]3CCN(C(=O)c4ccccc4-n4cccc4)C[C@@H]32)n1. The van der Waals surface area contributed by atoms with Crippen LogP contribution in [0.4, 0.5) is 5.95 Å². The standard InChI is InChI=1S/C23H25N5O/c1-16-13-17(2)25-23(24-16)28-14-18-9-12-27(15-21(18)28)22(29)19-7-3-4-8-20(19)26-10-5-6-11-26/h3-8,10-11,13,18,21H,9,12,14-15H2,1-2H3/t18-,21-/m0/s1. The molecule has 0 saturated carbocycles. The number of nitrogens with zero attached hydrogens (tertiary/aromatic N) is 5. The second-order valence-corrected chi connectivity index (χ2v) is 8.08. The normalized spacial score (nSPS) is 20.9. The van der Waals surface area contributed by atoms with E-state index in [1.54, 1.807) is 0 Å². The van der Waals surface area contributed by atoms with E-state index in [1.807, 2.05) is 78.2 Å². The number of benzene rings is 1. The third-order valence-corrected chi connectivity index (χ3v) is 6.08. The molecule has 6 heteroatoms. The number of para-hydroxylation sites is 1. The van der Waals surface area contributed by atoms with Crippen LogP contribution in [0.1, 0.15) is 28.2 Å². The van der Waals surface area contributed by atoms with E-state index in [0.29, 0.717) is 12.0 Å². The number of piperidine rings is 1. The Morgan fingerprint density at radius 3 is 2.48 bits per heavy atom. The average Bonchev–Trinajstić information content (AvgIpc) is 3.22. The lowest BCUT2D eigenvalue weighted by atomic mass is 9.82. The van der Waals surface area contributed by atoms with Gasteiger partial charge in [0.05, 0.1) is 17.3 Å². The molecule has 5 rings (SSSR count). The van der Waals surface area contributed by atoms with Crippen LogP contribution in [0.3, 0.4) is 0 Å². The van der Waals surface area contributed by atoms with E-state index in [1.165, 1.54) is 0 Å². The van der Waals surface area contributed by atoms with Crippen molar-refractivity contribution in [2.75, 3.05) is 24.5 Å². The van der Waals surface area contributed by atoms with Crippen LogP contribution in [0.15, 0.2) is 54.9 Å². The van der Waals surface area contributed by atoms with Gasteiger partial charge in [0.1, 0.15) is 0 Å². The van der Waals surface area contributed by atoms with E-state index in [2.05, 4.69) is 14.9 Å². The van der Waals surface area contributed by atoms with Gasteiger partial charge in [0.25, 0.3) is 5.91 Å². The van der Waals surface area contributed by atoms with Gasteiger partial charge >= 0.3 is 0 Å². The third-order valence-electron chi connectivity index (χ3n) is 6.08. The summed E-state index contributed by atoms with van der Waals surface area (Å²) in [5, 5.41) is 0. The monoisotopic (exact) mass is 387 g/mol. The molecule has 4 heterocycles. The summed E-state index contributed by atoms with van der Waals surface area (Å²) >= 11 is 0. The number of aryl methyl sites for hydroxylation is 2. The van der Waals surface area contributed by atoms with Crippen molar-refractivity contribution in [2.24, 2.45) is 5.92 Å². The summed E-state index contributed by atoms with van der Waals surface area (Å²) in [6, 6.07) is 14.1. The Morgan fingerprint density at radius 1 is 1.00 bits per heavy atom. The maximum absolute atomic E-state index is 13.4. The lowest BCUT2D eigenvalue weighted by Gasteiger charge is -2.53. The Kier molecular flexibility index (Phi) is 4.34. The number of fused-ring (bicyclic) bond motifs is 1. The number of carbonyl (C=O) groups excluding carboxylic acids is 1. The van der Waals surface area contributed by atoms with Gasteiger partial charge in [-0.1, -0.05) is 12.1 Å². The van der Waals surface area contributed by atoms with E-state index in [-0.39, 0.29) is 5.91 Å². The van der Waals surface area contributed by atoms with Crippen molar-refractivity contribution in [2.45, 2.75) is 26.3 Å². The van der Waals surface area contributed by atoms with Gasteiger partial charge in [0.15, 0.2) is 0 Å². The summed E-state index contributed by atoms with van der Waals surface area (Å²) in [7, 11) is 0. The topological polar surface area (TPSA) is 54.3 Å². The van der Waals surface area contributed by atoms with Crippen LogP contribution < -0.4 is 4.90 Å². The Bertz CT molecular complexity index is 1020. The molecule has 1 amide bonds. The maximum Gasteiger partial charge on any atom is 0.256 e. The fourth-order valence-corrected chi connectivity index (χ4v) is 4.59. The number of hydrogen-bond acceptors (Lipinski definition) is 4. The van der Waals surface area contributed by atoms with E-state index in [9.17, 15) is 4.79 Å². The van der Waals surface area contributed by atoms with Gasteiger partial charge in [-0.3, -0.25) is 4.79 Å². The van der Waals surface area contributed by atoms with Crippen LogP contribution >= 0.6 is 0 Å². The van der Waals surface area contributed by atoms with E-state index < -0.39 is 0 Å². The molecular weight excluding hydrogens is 362 g/mol. The predicted molar refractivity (Wildman–Crippen MR) is 112 cm³/mol. The molecule has 0 N–H and O–H groups in total. The Hall–Kier alpha value is -3.15. The Labute approximate surface area is 170 Å². The molecular formula is C23H25N5O. The van der Waals surface area contributed by atoms with Gasteiger partial charge in [-0.25, -0.2) is 9.97 Å². The lowest BCUT2D eigenvalue weighted by Crippen LogP contribution is -2.65. The second kappa shape index (κ2) is 7.03. The first kappa shape index (κ1) is 17.9. The van der Waals surface area contributed by atoms with Crippen LogP contribution in [0.25, 0.3) is 5.69 Å². The van der Waals surface area contributed by atoms with Gasteiger partial charge in [0.2, 0.25) is 5.95 Å². The molecule has 2 saturated heterocycles. The quantitative estimate of drug-likeness (QED) is 0.692. The molecule has 0 bridgehead atoms. The predicted octanol–water partition coefficient (Wildman–Crippen LogP) is 3.24. The van der Waals surface area contributed by atoms with E-state index in [0.717, 1.165) is 54.6 Å². The van der Waals surface area contributed by atoms with Crippen LogP contribution in [0.5, 0.6) is 0 Å². The third kappa shape index (κ3) is 3.18. The van der Waals surface area contributed by atoms with Gasteiger partial charge in [-0.15, -0.1) is 0 Å². The van der Waals surface area contributed by atoms with E-state index >= 15 is 0 Å². The molecule has 2 atom stereocenters. The zero-order valence-electron chi connectivity index (χ0n) is 16.8. The number of anilines is 1. The minimum atomic E-state index is 0.0981. The zero-order chi connectivity index (χ0) is 20.0. The number of rotatable bonds is 3. The largest absolute Gasteiger partial charge is 0.336 e. The van der Waals surface area contributed by atoms with Crippen LogP contribution in [-0.4, -0.2) is 51.0 Å². The minimum Gasteiger partial charge on any atom is -0.336 e. The summed E-state index contributed by atoms with van der Waals surface area (Å²) in [5.74, 6) is 1.51. The maximum atomic E-state index is 13.4. The van der Waals surface area contributed by atoms with Gasteiger partial charge in [0, 0.05) is 49.3 Å². The summed E-state index contributed by atoms with van der Waals surface area (Å²) in [6.07, 6.45) is 4.98. The first-order valence-corrected chi connectivity index (χ1v) is 10.2. The van der Waals surface area contributed by atoms with Crippen LogP contribution in [-0.2, 0) is 0 Å². The minimum absolute atomic E-state index is 0.0981. The highest BCUT2D eigenvalue weighted by Gasteiger charge is 2.45. The molecule has 2 aliphatic rings. The average molecular weight is 387 g/mol. The molecule has 0 unspecified atom stereocenters. The molecule has 0 radical (unpaired) electrons. The van der Waals surface area contributed by atoms with Crippen molar-refractivity contribution in [3.05, 3.63) is 71.8 Å². The van der Waals surface area contributed by atoms with Crippen molar-refractivity contribution < 1.29 is 4.79 Å². The van der Waals surface area contributed by atoms with Gasteiger partial charge in [-0.2, -0.15) is 0 Å². The molecule has 2 aliphatic heterocycles. The molecule has 6 nitrogen and oxygen atoms in total. The highest BCUT2D eigenvalue weighted by atomic mass is 16.2. The molecule has 148 valence electrons. The van der Waals surface area contributed by atoms with Gasteiger partial charge in [-0.05, 0) is 50.6 Å². The van der Waals surface area contributed by atoms with Crippen molar-refractivity contribution in [1.29, 1.82) is 0 Å². The smallest absolute Gasteiger partial charge is 0.256 e. The first-order valence-electron chi connectivity index (χ1n) is 10.2. The Balaban J connectivity index is 1.38. The summed E-state index contributed by atoms with van der Waals surface area (Å²) in [4.78, 5) is 26.9. The molecule has 2 fully saturated rings. The highest BCUT2D eigenvalue weighted by Crippen LogP contribution is 2.35. The summed E-state index contributed by atoms with van der Waals surface area (Å²) in [5.41, 5.74) is 3.64. The molecule has 3 aromatic rings. The molecule has 1 aromatic carbocycles. The van der Waals surface area contributed by atoms with Crippen molar-refractivity contribution in [3.8, 4) is 5.69 Å². The van der Waals surface area contributed by atoms with Crippen molar-refractivity contribution in [1.82, 2.24) is 19.4 Å². The first-order chi connectivity index (χ1) is 14.1. The number of amides is 1. The number of aromatic nitrogens is 3. The number of carbonyl (C=O) groups is 1. The second-order valence-electron chi connectivity index (χ2n) is 8.08. The molecule has 2 aromatic heterocycles. The fraction of sp³-hybridized carbons (Fsp3) is 0.348.